The van der Waals surface area contributed by atoms with E-state index in [4.69, 9.17) is 0 Å². The molecule has 2 fully saturated rings. The SMILES string of the molecule is CC(C)C1CN(CC2CCS(=O)(=O)C2)C(C(C)C)CN1. The Morgan fingerprint density at radius 1 is 1.20 bits per heavy atom. The molecule has 0 saturated carbocycles. The minimum Gasteiger partial charge on any atom is -0.311 e. The summed E-state index contributed by atoms with van der Waals surface area (Å²) < 4.78 is 23.3. The largest absolute Gasteiger partial charge is 0.311 e. The molecule has 2 saturated heterocycles. The third kappa shape index (κ3) is 3.95. The van der Waals surface area contributed by atoms with E-state index >= 15 is 0 Å². The first-order chi connectivity index (χ1) is 9.28. The molecule has 2 heterocycles. The average molecular weight is 302 g/mol. The predicted molar refractivity (Wildman–Crippen MR) is 83.6 cm³/mol. The van der Waals surface area contributed by atoms with Gasteiger partial charge in [-0.05, 0) is 24.2 Å². The fourth-order valence-corrected chi connectivity index (χ4v) is 5.36. The molecule has 0 aromatic heterocycles. The summed E-state index contributed by atoms with van der Waals surface area (Å²) in [7, 11) is -2.76. The van der Waals surface area contributed by atoms with Crippen LogP contribution in [0.25, 0.3) is 0 Å². The Bertz CT molecular complexity index is 420. The van der Waals surface area contributed by atoms with Gasteiger partial charge in [0.05, 0.1) is 11.5 Å². The number of hydrogen-bond acceptors (Lipinski definition) is 4. The van der Waals surface area contributed by atoms with Gasteiger partial charge in [-0.1, -0.05) is 27.7 Å². The highest BCUT2D eigenvalue weighted by atomic mass is 32.2. The number of rotatable bonds is 4. The van der Waals surface area contributed by atoms with E-state index in [0.29, 0.717) is 41.3 Å². The molecule has 3 atom stereocenters. The molecule has 0 spiro atoms. The summed E-state index contributed by atoms with van der Waals surface area (Å²) in [6.45, 7) is 12.1. The van der Waals surface area contributed by atoms with Crippen molar-refractivity contribution < 1.29 is 8.42 Å². The molecule has 0 aliphatic carbocycles. The quantitative estimate of drug-likeness (QED) is 0.852. The zero-order valence-corrected chi connectivity index (χ0v) is 14.1. The number of piperazine rings is 1. The Kier molecular flexibility index (Phi) is 5.14. The molecule has 118 valence electrons. The molecule has 2 aliphatic heterocycles. The van der Waals surface area contributed by atoms with Crippen molar-refractivity contribution in [3.63, 3.8) is 0 Å². The molecule has 0 bridgehead atoms. The number of sulfone groups is 1. The second-order valence-electron chi connectivity index (χ2n) is 7.29. The van der Waals surface area contributed by atoms with Crippen molar-refractivity contribution in [3.05, 3.63) is 0 Å². The zero-order chi connectivity index (χ0) is 14.9. The van der Waals surface area contributed by atoms with Crippen molar-refractivity contribution in [1.82, 2.24) is 10.2 Å². The molecule has 0 aromatic carbocycles. The van der Waals surface area contributed by atoms with Crippen LogP contribution in [0.4, 0.5) is 0 Å². The normalized spacial score (nSPS) is 35.0. The lowest BCUT2D eigenvalue weighted by Crippen LogP contribution is -2.60. The Morgan fingerprint density at radius 2 is 1.90 bits per heavy atom. The summed E-state index contributed by atoms with van der Waals surface area (Å²) in [6, 6.07) is 1.07. The first-order valence-corrected chi connectivity index (χ1v) is 9.78. The number of nitrogens with zero attached hydrogens (tertiary/aromatic N) is 1. The molecule has 20 heavy (non-hydrogen) atoms. The highest BCUT2D eigenvalue weighted by Crippen LogP contribution is 2.24. The fraction of sp³-hybridized carbons (Fsp3) is 1.00. The van der Waals surface area contributed by atoms with Crippen molar-refractivity contribution in [3.8, 4) is 0 Å². The Hall–Kier alpha value is -0.130. The Labute approximate surface area is 124 Å². The highest BCUT2D eigenvalue weighted by molar-refractivity contribution is 7.91. The van der Waals surface area contributed by atoms with Gasteiger partial charge in [0.25, 0.3) is 0 Å². The van der Waals surface area contributed by atoms with Gasteiger partial charge >= 0.3 is 0 Å². The lowest BCUT2D eigenvalue weighted by atomic mass is 9.93. The minimum absolute atomic E-state index is 0.340. The van der Waals surface area contributed by atoms with Gasteiger partial charge in [0.2, 0.25) is 0 Å². The van der Waals surface area contributed by atoms with Gasteiger partial charge in [-0.2, -0.15) is 0 Å². The maximum Gasteiger partial charge on any atom is 0.150 e. The van der Waals surface area contributed by atoms with Crippen molar-refractivity contribution in [1.29, 1.82) is 0 Å². The molecule has 0 amide bonds. The zero-order valence-electron chi connectivity index (χ0n) is 13.3. The van der Waals surface area contributed by atoms with Crippen molar-refractivity contribution >= 4 is 9.84 Å². The van der Waals surface area contributed by atoms with E-state index in [-0.39, 0.29) is 0 Å². The van der Waals surface area contributed by atoms with Crippen LogP contribution >= 0.6 is 0 Å². The topological polar surface area (TPSA) is 49.4 Å². The van der Waals surface area contributed by atoms with Crippen LogP contribution in [0.15, 0.2) is 0 Å². The number of nitrogens with one attached hydrogen (secondary N) is 1. The van der Waals surface area contributed by atoms with Gasteiger partial charge in [-0.15, -0.1) is 0 Å². The van der Waals surface area contributed by atoms with Crippen LogP contribution in [0.2, 0.25) is 0 Å². The molecular weight excluding hydrogens is 272 g/mol. The van der Waals surface area contributed by atoms with E-state index in [2.05, 4.69) is 37.9 Å². The third-order valence-corrected chi connectivity index (χ3v) is 6.72. The van der Waals surface area contributed by atoms with E-state index in [1.54, 1.807) is 0 Å². The van der Waals surface area contributed by atoms with Gasteiger partial charge in [0.15, 0.2) is 9.84 Å². The van der Waals surface area contributed by atoms with Crippen molar-refractivity contribution in [2.24, 2.45) is 17.8 Å². The predicted octanol–water partition coefficient (Wildman–Crippen LogP) is 1.38. The van der Waals surface area contributed by atoms with E-state index < -0.39 is 9.84 Å². The summed E-state index contributed by atoms with van der Waals surface area (Å²) in [5.41, 5.74) is 0. The maximum absolute atomic E-state index is 11.6. The van der Waals surface area contributed by atoms with Crippen molar-refractivity contribution in [2.75, 3.05) is 31.1 Å². The summed E-state index contributed by atoms with van der Waals surface area (Å²) in [6.07, 6.45) is 0.851. The van der Waals surface area contributed by atoms with Gasteiger partial charge < -0.3 is 5.32 Å². The Balaban J connectivity index is 2.00. The van der Waals surface area contributed by atoms with Crippen LogP contribution in [-0.2, 0) is 9.84 Å². The molecule has 0 radical (unpaired) electrons. The second-order valence-corrected chi connectivity index (χ2v) is 9.52. The fourth-order valence-electron chi connectivity index (χ4n) is 3.52. The van der Waals surface area contributed by atoms with Crippen LogP contribution < -0.4 is 5.32 Å². The van der Waals surface area contributed by atoms with Crippen LogP contribution in [0.3, 0.4) is 0 Å². The van der Waals surface area contributed by atoms with Crippen LogP contribution in [0.5, 0.6) is 0 Å². The second kappa shape index (κ2) is 6.32. The van der Waals surface area contributed by atoms with Gasteiger partial charge in [-0.3, -0.25) is 4.90 Å². The monoisotopic (exact) mass is 302 g/mol. The Morgan fingerprint density at radius 3 is 2.40 bits per heavy atom. The number of hydrogen-bond donors (Lipinski definition) is 1. The van der Waals surface area contributed by atoms with Gasteiger partial charge in [0.1, 0.15) is 0 Å². The smallest absolute Gasteiger partial charge is 0.150 e. The molecule has 2 aliphatic rings. The molecule has 3 unspecified atom stereocenters. The van der Waals surface area contributed by atoms with E-state index in [1.807, 2.05) is 0 Å². The van der Waals surface area contributed by atoms with Crippen LogP contribution in [-0.4, -0.2) is 56.5 Å². The molecule has 5 heteroatoms. The first kappa shape index (κ1) is 16.2. The summed E-state index contributed by atoms with van der Waals surface area (Å²) in [5.74, 6) is 2.36. The van der Waals surface area contributed by atoms with E-state index in [9.17, 15) is 8.42 Å². The maximum atomic E-state index is 11.6. The lowest BCUT2D eigenvalue weighted by molar-refractivity contribution is 0.0731. The first-order valence-electron chi connectivity index (χ1n) is 7.96. The van der Waals surface area contributed by atoms with E-state index in [1.165, 1.54) is 0 Å². The summed E-state index contributed by atoms with van der Waals surface area (Å²) >= 11 is 0. The van der Waals surface area contributed by atoms with Crippen LogP contribution in [0, 0.1) is 17.8 Å². The molecule has 0 aromatic rings. The molecule has 2 rings (SSSR count). The molecular formula is C15H30N2O2S. The molecule has 1 N–H and O–H groups in total. The summed E-state index contributed by atoms with van der Waals surface area (Å²) in [4.78, 5) is 2.55. The standard InChI is InChI=1S/C15H30N2O2S/c1-11(2)14-9-17(15(7-16-14)12(3)4)8-13-5-6-20(18,19)10-13/h11-16H,5-10H2,1-4H3. The van der Waals surface area contributed by atoms with Gasteiger partial charge in [0, 0.05) is 31.7 Å². The average Bonchev–Trinajstić information content (AvgIpc) is 2.68. The minimum atomic E-state index is -2.76. The van der Waals surface area contributed by atoms with Crippen molar-refractivity contribution in [2.45, 2.75) is 46.2 Å². The third-order valence-electron chi connectivity index (χ3n) is 4.88. The van der Waals surface area contributed by atoms with Crippen LogP contribution in [0.1, 0.15) is 34.1 Å². The highest BCUT2D eigenvalue weighted by Gasteiger charge is 2.35. The lowest BCUT2D eigenvalue weighted by Gasteiger charge is -2.44. The van der Waals surface area contributed by atoms with Gasteiger partial charge in [-0.25, -0.2) is 8.42 Å². The van der Waals surface area contributed by atoms with E-state index in [0.717, 1.165) is 26.1 Å². The molecule has 4 nitrogen and oxygen atoms in total. The summed E-state index contributed by atoms with van der Waals surface area (Å²) in [5, 5.41) is 3.66.